The molecule has 184 valence electrons. The Morgan fingerprint density at radius 2 is 1.83 bits per heavy atom. The Labute approximate surface area is 204 Å². The van der Waals surface area contributed by atoms with E-state index in [4.69, 9.17) is 0 Å². The van der Waals surface area contributed by atoms with Crippen molar-refractivity contribution in [3.8, 4) is 0 Å². The van der Waals surface area contributed by atoms with Crippen LogP contribution in [-0.4, -0.2) is 32.3 Å². The second kappa shape index (κ2) is 11.2. The summed E-state index contributed by atoms with van der Waals surface area (Å²) in [4.78, 5) is 24.9. The molecule has 0 fully saturated rings. The molecule has 0 aliphatic heterocycles. The summed E-state index contributed by atoms with van der Waals surface area (Å²) in [5, 5.41) is 13.8. The van der Waals surface area contributed by atoms with E-state index in [9.17, 15) is 22.8 Å². The molecule has 1 heterocycles. The summed E-state index contributed by atoms with van der Waals surface area (Å²) in [6, 6.07) is 10.0. The molecule has 2 amide bonds. The monoisotopic (exact) mass is 503 g/mol. The fourth-order valence-electron chi connectivity index (χ4n) is 3.19. The van der Waals surface area contributed by atoms with Crippen LogP contribution >= 0.6 is 11.8 Å². The minimum absolute atomic E-state index is 0.0253. The molecule has 0 aliphatic carbocycles. The Balaban J connectivity index is 1.65. The summed E-state index contributed by atoms with van der Waals surface area (Å²) in [5.74, 6) is -0.405. The molecule has 2 aromatic carbocycles. The van der Waals surface area contributed by atoms with E-state index in [0.29, 0.717) is 17.5 Å². The lowest BCUT2D eigenvalue weighted by Gasteiger charge is -2.11. The standard InChI is InChI=1S/C24H24F3N5O2S/c1-4-11-32-20(13-21(33)28-18-9-6-8-17(12-18)24(25,26)27)30-31-23(32)35-14-22(34)29-19-10-5-7-15(2)16(19)3/h4-10,12H,1,11,13-14H2,2-3H3,(H,28,33)(H,29,34). The van der Waals surface area contributed by atoms with Gasteiger partial charge in [-0.3, -0.25) is 9.59 Å². The smallest absolute Gasteiger partial charge is 0.326 e. The number of aromatic nitrogens is 3. The maximum Gasteiger partial charge on any atom is 0.416 e. The van der Waals surface area contributed by atoms with E-state index in [1.54, 1.807) is 10.6 Å². The molecule has 2 N–H and O–H groups in total. The van der Waals surface area contributed by atoms with Gasteiger partial charge in [-0.2, -0.15) is 13.2 Å². The Hall–Kier alpha value is -3.60. The third kappa shape index (κ3) is 6.95. The average molecular weight is 504 g/mol. The molecule has 0 aliphatic rings. The van der Waals surface area contributed by atoms with Gasteiger partial charge in [0.1, 0.15) is 5.82 Å². The maximum absolute atomic E-state index is 12.9. The number of carbonyl (C=O) groups is 2. The van der Waals surface area contributed by atoms with Crippen molar-refractivity contribution in [2.24, 2.45) is 0 Å². The number of halogens is 3. The molecule has 0 atom stereocenters. The summed E-state index contributed by atoms with van der Waals surface area (Å²) < 4.78 is 40.4. The van der Waals surface area contributed by atoms with Gasteiger partial charge in [-0.1, -0.05) is 36.0 Å². The van der Waals surface area contributed by atoms with Gasteiger partial charge in [0.05, 0.1) is 17.7 Å². The molecule has 0 spiro atoms. The van der Waals surface area contributed by atoms with Crippen LogP contribution in [0.25, 0.3) is 0 Å². The van der Waals surface area contributed by atoms with Crippen molar-refractivity contribution >= 4 is 35.0 Å². The number of amides is 2. The number of nitrogens with one attached hydrogen (secondary N) is 2. The number of anilines is 2. The quantitative estimate of drug-likeness (QED) is 0.317. The first-order chi connectivity index (χ1) is 16.6. The van der Waals surface area contributed by atoms with E-state index >= 15 is 0 Å². The summed E-state index contributed by atoms with van der Waals surface area (Å²) in [6.07, 6.45) is -3.13. The van der Waals surface area contributed by atoms with E-state index in [-0.39, 0.29) is 23.8 Å². The number of hydrogen-bond acceptors (Lipinski definition) is 5. The average Bonchev–Trinajstić information content (AvgIpc) is 3.16. The van der Waals surface area contributed by atoms with Crippen molar-refractivity contribution in [2.45, 2.75) is 38.1 Å². The Bertz CT molecular complexity index is 1240. The Morgan fingerprint density at radius 1 is 1.09 bits per heavy atom. The third-order valence-corrected chi connectivity index (χ3v) is 6.08. The molecule has 1 aromatic heterocycles. The van der Waals surface area contributed by atoms with E-state index in [1.807, 2.05) is 32.0 Å². The molecule has 0 saturated carbocycles. The SMILES string of the molecule is C=CCn1c(CC(=O)Nc2cccc(C(F)(F)F)c2)nnc1SCC(=O)Nc1cccc(C)c1C. The first-order valence-electron chi connectivity index (χ1n) is 10.6. The zero-order valence-electron chi connectivity index (χ0n) is 19.1. The van der Waals surface area contributed by atoms with Crippen molar-refractivity contribution in [3.63, 3.8) is 0 Å². The van der Waals surface area contributed by atoms with Crippen molar-refractivity contribution in [2.75, 3.05) is 16.4 Å². The zero-order chi connectivity index (χ0) is 25.6. The van der Waals surface area contributed by atoms with Crippen LogP contribution in [0.1, 0.15) is 22.5 Å². The lowest BCUT2D eigenvalue weighted by Crippen LogP contribution is -2.18. The minimum atomic E-state index is -4.51. The summed E-state index contributed by atoms with van der Waals surface area (Å²) in [7, 11) is 0. The lowest BCUT2D eigenvalue weighted by molar-refractivity contribution is -0.137. The van der Waals surface area contributed by atoms with Gasteiger partial charge in [0, 0.05) is 17.9 Å². The van der Waals surface area contributed by atoms with Gasteiger partial charge in [-0.15, -0.1) is 16.8 Å². The number of rotatable bonds is 9. The van der Waals surface area contributed by atoms with Crippen molar-refractivity contribution in [1.82, 2.24) is 14.8 Å². The summed E-state index contributed by atoms with van der Waals surface area (Å²) in [6.45, 7) is 7.87. The minimum Gasteiger partial charge on any atom is -0.326 e. The molecule has 7 nitrogen and oxygen atoms in total. The highest BCUT2D eigenvalue weighted by atomic mass is 32.2. The number of allylic oxidation sites excluding steroid dienone is 1. The number of aryl methyl sites for hydroxylation is 1. The number of thioether (sulfide) groups is 1. The zero-order valence-corrected chi connectivity index (χ0v) is 20.0. The van der Waals surface area contributed by atoms with E-state index in [2.05, 4.69) is 27.4 Å². The summed E-state index contributed by atoms with van der Waals surface area (Å²) in [5.41, 5.74) is 1.94. The first-order valence-corrected chi connectivity index (χ1v) is 11.6. The van der Waals surface area contributed by atoms with E-state index in [0.717, 1.165) is 40.7 Å². The largest absolute Gasteiger partial charge is 0.416 e. The normalized spacial score (nSPS) is 11.2. The molecule has 0 unspecified atom stereocenters. The van der Waals surface area contributed by atoms with Crippen LogP contribution in [0.3, 0.4) is 0 Å². The van der Waals surface area contributed by atoms with Crippen LogP contribution in [0.2, 0.25) is 0 Å². The van der Waals surface area contributed by atoms with Gasteiger partial charge in [0.2, 0.25) is 11.8 Å². The third-order valence-electron chi connectivity index (χ3n) is 5.11. The first kappa shape index (κ1) is 26.0. The molecule has 35 heavy (non-hydrogen) atoms. The predicted octanol–water partition coefficient (Wildman–Crippen LogP) is 5.01. The summed E-state index contributed by atoms with van der Waals surface area (Å²) >= 11 is 1.15. The van der Waals surface area contributed by atoms with Crippen molar-refractivity contribution < 1.29 is 22.8 Å². The molecule has 0 saturated heterocycles. The Morgan fingerprint density at radius 3 is 2.54 bits per heavy atom. The highest BCUT2D eigenvalue weighted by Gasteiger charge is 2.30. The number of nitrogens with zero attached hydrogens (tertiary/aromatic N) is 3. The van der Waals surface area contributed by atoms with Gasteiger partial charge in [0.15, 0.2) is 5.16 Å². The fraction of sp³-hybridized carbons (Fsp3) is 0.250. The van der Waals surface area contributed by atoms with Crippen LogP contribution in [0.4, 0.5) is 24.5 Å². The van der Waals surface area contributed by atoms with Crippen LogP contribution in [0.5, 0.6) is 0 Å². The second-order valence-corrected chi connectivity index (χ2v) is 8.63. The number of hydrogen-bond donors (Lipinski definition) is 2. The highest BCUT2D eigenvalue weighted by Crippen LogP contribution is 2.30. The molecular weight excluding hydrogens is 479 g/mol. The van der Waals surface area contributed by atoms with Crippen LogP contribution in [-0.2, 0) is 28.7 Å². The van der Waals surface area contributed by atoms with Crippen molar-refractivity contribution in [3.05, 3.63) is 77.6 Å². The van der Waals surface area contributed by atoms with E-state index in [1.165, 1.54) is 12.1 Å². The molecule has 11 heteroatoms. The van der Waals surface area contributed by atoms with Gasteiger partial charge in [-0.25, -0.2) is 0 Å². The van der Waals surface area contributed by atoms with Gasteiger partial charge >= 0.3 is 6.18 Å². The van der Waals surface area contributed by atoms with E-state index < -0.39 is 17.6 Å². The lowest BCUT2D eigenvalue weighted by atomic mass is 10.1. The number of benzene rings is 2. The van der Waals surface area contributed by atoms with Crippen LogP contribution < -0.4 is 10.6 Å². The number of alkyl halides is 3. The maximum atomic E-state index is 12.9. The molecule has 0 radical (unpaired) electrons. The molecule has 0 bridgehead atoms. The van der Waals surface area contributed by atoms with Gasteiger partial charge in [-0.05, 0) is 49.2 Å². The van der Waals surface area contributed by atoms with Gasteiger partial charge < -0.3 is 15.2 Å². The highest BCUT2D eigenvalue weighted by molar-refractivity contribution is 7.99. The second-order valence-electron chi connectivity index (χ2n) is 7.69. The topological polar surface area (TPSA) is 88.9 Å². The molecule has 3 rings (SSSR count). The van der Waals surface area contributed by atoms with Crippen LogP contribution in [0.15, 0.2) is 60.3 Å². The van der Waals surface area contributed by atoms with Gasteiger partial charge in [0.25, 0.3) is 0 Å². The predicted molar refractivity (Wildman–Crippen MR) is 129 cm³/mol. The number of carbonyl (C=O) groups excluding carboxylic acids is 2. The molecular formula is C24H24F3N5O2S. The Kier molecular flexibility index (Phi) is 8.34. The van der Waals surface area contributed by atoms with Crippen LogP contribution in [0, 0.1) is 13.8 Å². The fourth-order valence-corrected chi connectivity index (χ4v) is 3.96. The molecule has 3 aromatic rings. The van der Waals surface area contributed by atoms with Crippen molar-refractivity contribution in [1.29, 1.82) is 0 Å².